The number of carbonyl (C=O) groups excluding carboxylic acids is 2. The molecule has 0 aromatic rings. The quantitative estimate of drug-likeness (QED) is 0.612. The summed E-state index contributed by atoms with van der Waals surface area (Å²) in [5.41, 5.74) is 4.86. The Balaban J connectivity index is 2.40. The van der Waals surface area contributed by atoms with E-state index in [0.29, 0.717) is 19.5 Å². The summed E-state index contributed by atoms with van der Waals surface area (Å²) in [5, 5.41) is 5.34. The van der Waals surface area contributed by atoms with Crippen LogP contribution in [0.1, 0.15) is 26.7 Å². The largest absolute Gasteiger partial charge is 0.364 e. The van der Waals surface area contributed by atoms with Crippen LogP contribution in [0.25, 0.3) is 0 Å². The molecule has 6 heteroatoms. The molecule has 1 saturated heterocycles. The number of nitrogens with one attached hydrogen (secondary N) is 2. The molecule has 0 radical (unpaired) electrons. The van der Waals surface area contributed by atoms with E-state index < -0.39 is 11.5 Å². The predicted octanol–water partition coefficient (Wildman–Crippen LogP) is -0.619. The van der Waals surface area contributed by atoms with Crippen LogP contribution in [0, 0.1) is 5.41 Å². The standard InChI is InChI=1S/C12H23N3O3/c1-12(2,11(17)14-3)7-15-10(16)9-5-4-8(6-13)18-9/h8-9H,4-7,13H2,1-3H3,(H,14,17)(H,15,16). The van der Waals surface area contributed by atoms with E-state index in [1.165, 1.54) is 0 Å². The molecule has 2 amide bonds. The number of amides is 2. The smallest absolute Gasteiger partial charge is 0.249 e. The van der Waals surface area contributed by atoms with E-state index in [4.69, 9.17) is 10.5 Å². The lowest BCUT2D eigenvalue weighted by Gasteiger charge is -2.23. The van der Waals surface area contributed by atoms with Crippen molar-refractivity contribution in [1.29, 1.82) is 0 Å². The minimum absolute atomic E-state index is 0.0206. The van der Waals surface area contributed by atoms with E-state index >= 15 is 0 Å². The highest BCUT2D eigenvalue weighted by atomic mass is 16.5. The molecule has 1 aliphatic heterocycles. The molecule has 2 unspecified atom stereocenters. The van der Waals surface area contributed by atoms with Crippen LogP contribution in [0.5, 0.6) is 0 Å². The van der Waals surface area contributed by atoms with Crippen LogP contribution in [0.15, 0.2) is 0 Å². The van der Waals surface area contributed by atoms with Crippen molar-refractivity contribution in [3.8, 4) is 0 Å². The fourth-order valence-electron chi connectivity index (χ4n) is 1.91. The zero-order valence-corrected chi connectivity index (χ0v) is 11.3. The first kappa shape index (κ1) is 14.9. The third-order valence-corrected chi connectivity index (χ3v) is 3.21. The topological polar surface area (TPSA) is 93.5 Å². The van der Waals surface area contributed by atoms with Crippen molar-refractivity contribution < 1.29 is 14.3 Å². The summed E-state index contributed by atoms with van der Waals surface area (Å²) in [6.45, 7) is 4.29. The van der Waals surface area contributed by atoms with Crippen LogP contribution < -0.4 is 16.4 Å². The molecule has 0 aliphatic carbocycles. The Morgan fingerprint density at radius 2 is 2.06 bits per heavy atom. The highest BCUT2D eigenvalue weighted by Gasteiger charge is 2.32. The van der Waals surface area contributed by atoms with Crippen molar-refractivity contribution in [3.63, 3.8) is 0 Å². The van der Waals surface area contributed by atoms with Crippen LogP contribution in [-0.2, 0) is 14.3 Å². The first-order valence-corrected chi connectivity index (χ1v) is 6.26. The molecular formula is C12H23N3O3. The normalized spacial score (nSPS) is 23.8. The van der Waals surface area contributed by atoms with E-state index in [-0.39, 0.29) is 17.9 Å². The number of carbonyl (C=O) groups is 2. The van der Waals surface area contributed by atoms with Gasteiger partial charge in [0.15, 0.2) is 0 Å². The highest BCUT2D eigenvalue weighted by Crippen LogP contribution is 2.19. The van der Waals surface area contributed by atoms with Gasteiger partial charge in [0, 0.05) is 20.1 Å². The lowest BCUT2D eigenvalue weighted by Crippen LogP contribution is -2.46. The van der Waals surface area contributed by atoms with Gasteiger partial charge in [-0.15, -0.1) is 0 Å². The van der Waals surface area contributed by atoms with Gasteiger partial charge in [0.2, 0.25) is 11.8 Å². The molecule has 0 aromatic carbocycles. The summed E-state index contributed by atoms with van der Waals surface area (Å²) in [5.74, 6) is -0.266. The third-order valence-electron chi connectivity index (χ3n) is 3.21. The van der Waals surface area contributed by atoms with Gasteiger partial charge in [-0.05, 0) is 26.7 Å². The zero-order chi connectivity index (χ0) is 13.8. The first-order valence-electron chi connectivity index (χ1n) is 6.26. The van der Waals surface area contributed by atoms with Crippen LogP contribution in [0.4, 0.5) is 0 Å². The van der Waals surface area contributed by atoms with Gasteiger partial charge in [0.05, 0.1) is 11.5 Å². The van der Waals surface area contributed by atoms with E-state index in [1.54, 1.807) is 20.9 Å². The average molecular weight is 257 g/mol. The summed E-state index contributed by atoms with van der Waals surface area (Å²) in [6.07, 6.45) is 1.05. The Kier molecular flexibility index (Phi) is 5.10. The zero-order valence-electron chi connectivity index (χ0n) is 11.3. The van der Waals surface area contributed by atoms with Gasteiger partial charge >= 0.3 is 0 Å². The first-order chi connectivity index (χ1) is 8.40. The molecule has 1 heterocycles. The summed E-state index contributed by atoms with van der Waals surface area (Å²) >= 11 is 0. The Morgan fingerprint density at radius 1 is 1.39 bits per heavy atom. The Bertz CT molecular complexity index is 318. The highest BCUT2D eigenvalue weighted by molar-refractivity contribution is 5.84. The minimum atomic E-state index is -0.629. The molecule has 6 nitrogen and oxygen atoms in total. The molecule has 0 aromatic heterocycles. The van der Waals surface area contributed by atoms with Crippen molar-refractivity contribution >= 4 is 11.8 Å². The molecule has 4 N–H and O–H groups in total. The predicted molar refractivity (Wildman–Crippen MR) is 67.8 cm³/mol. The van der Waals surface area contributed by atoms with Crippen molar-refractivity contribution in [3.05, 3.63) is 0 Å². The monoisotopic (exact) mass is 257 g/mol. The van der Waals surface area contributed by atoms with Crippen LogP contribution in [-0.4, -0.2) is 44.2 Å². The molecule has 1 fully saturated rings. The number of nitrogens with two attached hydrogens (primary N) is 1. The van der Waals surface area contributed by atoms with Crippen molar-refractivity contribution in [2.45, 2.75) is 38.9 Å². The SMILES string of the molecule is CNC(=O)C(C)(C)CNC(=O)C1CCC(CN)O1. The second-order valence-electron chi connectivity index (χ2n) is 5.24. The molecule has 1 rings (SSSR count). The number of hydrogen-bond acceptors (Lipinski definition) is 4. The van der Waals surface area contributed by atoms with Gasteiger partial charge < -0.3 is 21.1 Å². The molecule has 2 atom stereocenters. The summed E-state index contributed by atoms with van der Waals surface area (Å²) in [6, 6.07) is 0. The number of hydrogen-bond donors (Lipinski definition) is 3. The fourth-order valence-corrected chi connectivity index (χ4v) is 1.91. The van der Waals surface area contributed by atoms with Crippen molar-refractivity contribution in [1.82, 2.24) is 10.6 Å². The molecule has 0 bridgehead atoms. The van der Waals surface area contributed by atoms with E-state index in [1.807, 2.05) is 0 Å². The van der Waals surface area contributed by atoms with Gasteiger partial charge in [0.25, 0.3) is 0 Å². The lowest BCUT2D eigenvalue weighted by molar-refractivity contribution is -0.133. The Hall–Kier alpha value is -1.14. The molecule has 104 valence electrons. The van der Waals surface area contributed by atoms with Gasteiger partial charge in [-0.3, -0.25) is 9.59 Å². The molecule has 1 aliphatic rings. The van der Waals surface area contributed by atoms with E-state index in [9.17, 15) is 9.59 Å². The number of ether oxygens (including phenoxy) is 1. The maximum atomic E-state index is 11.9. The lowest BCUT2D eigenvalue weighted by atomic mass is 9.92. The minimum Gasteiger partial charge on any atom is -0.364 e. The Labute approximate surface area is 108 Å². The number of rotatable bonds is 5. The van der Waals surface area contributed by atoms with Crippen molar-refractivity contribution in [2.75, 3.05) is 20.1 Å². The average Bonchev–Trinajstić information content (AvgIpc) is 2.83. The second kappa shape index (κ2) is 6.15. The summed E-state index contributed by atoms with van der Waals surface area (Å²) in [4.78, 5) is 23.4. The van der Waals surface area contributed by atoms with Gasteiger partial charge in [-0.2, -0.15) is 0 Å². The maximum Gasteiger partial charge on any atom is 0.249 e. The van der Waals surface area contributed by atoms with Gasteiger partial charge in [0.1, 0.15) is 6.10 Å². The van der Waals surface area contributed by atoms with Crippen LogP contribution >= 0.6 is 0 Å². The fraction of sp³-hybridized carbons (Fsp3) is 0.833. The van der Waals surface area contributed by atoms with Gasteiger partial charge in [-0.1, -0.05) is 0 Å². The molecule has 0 spiro atoms. The second-order valence-corrected chi connectivity index (χ2v) is 5.24. The molecule has 18 heavy (non-hydrogen) atoms. The van der Waals surface area contributed by atoms with Crippen LogP contribution in [0.3, 0.4) is 0 Å². The van der Waals surface area contributed by atoms with Crippen molar-refractivity contribution in [2.24, 2.45) is 11.1 Å². The third kappa shape index (κ3) is 3.68. The van der Waals surface area contributed by atoms with Gasteiger partial charge in [-0.25, -0.2) is 0 Å². The summed E-state index contributed by atoms with van der Waals surface area (Å²) < 4.78 is 5.49. The molecule has 0 saturated carbocycles. The summed E-state index contributed by atoms with van der Waals surface area (Å²) in [7, 11) is 1.58. The molecular weight excluding hydrogens is 234 g/mol. The maximum absolute atomic E-state index is 11.9. The van der Waals surface area contributed by atoms with E-state index in [0.717, 1.165) is 6.42 Å². The Morgan fingerprint density at radius 3 is 2.56 bits per heavy atom. The van der Waals surface area contributed by atoms with Crippen LogP contribution in [0.2, 0.25) is 0 Å². The van der Waals surface area contributed by atoms with E-state index in [2.05, 4.69) is 10.6 Å².